The topological polar surface area (TPSA) is 42.3 Å². The summed E-state index contributed by atoms with van der Waals surface area (Å²) in [4.78, 5) is 30.4. The summed E-state index contributed by atoms with van der Waals surface area (Å²) in [6.45, 7) is 1.65. The molecular weight excluding hydrogens is 670 g/mol. The van der Waals surface area contributed by atoms with Crippen LogP contribution < -0.4 is 4.90 Å². The van der Waals surface area contributed by atoms with Crippen molar-refractivity contribution >= 4 is 39.3 Å². The van der Waals surface area contributed by atoms with Crippen molar-refractivity contribution in [3.8, 4) is 39.1 Å². The van der Waals surface area contributed by atoms with Gasteiger partial charge >= 0.3 is 6.18 Å². The Kier molecular flexibility index (Phi) is 7.41. The fourth-order valence-electron chi connectivity index (χ4n) is 7.63. The molecule has 0 aliphatic carbocycles. The van der Waals surface area contributed by atoms with Gasteiger partial charge in [-0.15, -0.1) is 0 Å². The van der Waals surface area contributed by atoms with E-state index in [1.807, 2.05) is 120 Å². The van der Waals surface area contributed by atoms with E-state index in [1.165, 1.54) is 11.0 Å². The Balaban J connectivity index is 1.27. The molecule has 0 spiro atoms. The summed E-state index contributed by atoms with van der Waals surface area (Å²) in [6, 6.07) is 47.8. The Labute approximate surface area is 303 Å². The fraction of sp³-hybridized carbons (Fsp3) is 0.0435. The molecule has 8 aromatic rings. The first kappa shape index (κ1) is 32.2. The minimum absolute atomic E-state index is 0.224. The lowest BCUT2D eigenvalue weighted by atomic mass is 9.97. The number of hydrogen-bond acceptors (Lipinski definition) is 2. The maximum atomic E-state index is 14.8. The molecule has 0 unspecified atom stereocenters. The number of aromatic nitrogens is 1. The van der Waals surface area contributed by atoms with E-state index in [-0.39, 0.29) is 11.1 Å². The number of para-hydroxylation sites is 2. The van der Waals surface area contributed by atoms with E-state index in [9.17, 15) is 22.8 Å². The van der Waals surface area contributed by atoms with Crippen LogP contribution in [-0.4, -0.2) is 16.4 Å². The van der Waals surface area contributed by atoms with Crippen molar-refractivity contribution in [2.24, 2.45) is 0 Å². The zero-order valence-electron chi connectivity index (χ0n) is 28.4. The van der Waals surface area contributed by atoms with Gasteiger partial charge in [0, 0.05) is 16.3 Å². The van der Waals surface area contributed by atoms with E-state index in [1.54, 1.807) is 37.3 Å². The Morgan fingerprint density at radius 3 is 1.79 bits per heavy atom. The number of carbonyl (C=O) groups excluding carboxylic acids is 2. The van der Waals surface area contributed by atoms with Crippen LogP contribution >= 0.6 is 0 Å². The van der Waals surface area contributed by atoms with Crippen molar-refractivity contribution < 1.29 is 22.8 Å². The van der Waals surface area contributed by atoms with E-state index in [0.717, 1.165) is 44.6 Å². The van der Waals surface area contributed by atoms with Crippen LogP contribution in [0.5, 0.6) is 0 Å². The summed E-state index contributed by atoms with van der Waals surface area (Å²) in [5.74, 6) is -0.936. The molecule has 256 valence electrons. The SMILES string of the molecule is Cc1cc(-c2cccc3c4ccccc4n(-c4cccc5c4C(=O)N(c4cc(-c6ccccc6)cc(-c6ccccc6)c4)C5=O)c23)cc(C(F)(F)F)c1. The normalized spacial score (nSPS) is 12.9. The lowest BCUT2D eigenvalue weighted by molar-refractivity contribution is -0.137. The molecule has 1 aliphatic heterocycles. The van der Waals surface area contributed by atoms with Gasteiger partial charge in [0.15, 0.2) is 0 Å². The summed E-state index contributed by atoms with van der Waals surface area (Å²) in [7, 11) is 0. The average Bonchev–Trinajstić information content (AvgIpc) is 3.65. The van der Waals surface area contributed by atoms with Crippen LogP contribution in [0.2, 0.25) is 0 Å². The molecule has 2 amide bonds. The molecule has 4 nitrogen and oxygen atoms in total. The van der Waals surface area contributed by atoms with Crippen LogP contribution in [0.4, 0.5) is 18.9 Å². The molecule has 0 saturated carbocycles. The zero-order chi connectivity index (χ0) is 36.4. The third-order valence-corrected chi connectivity index (χ3v) is 9.93. The van der Waals surface area contributed by atoms with Crippen LogP contribution in [0.15, 0.2) is 158 Å². The lowest BCUT2D eigenvalue weighted by Crippen LogP contribution is -2.29. The van der Waals surface area contributed by atoms with Gasteiger partial charge < -0.3 is 4.57 Å². The molecular formula is C46H29F3N2O2. The highest BCUT2D eigenvalue weighted by atomic mass is 19.4. The number of aryl methyl sites for hydroxylation is 1. The minimum atomic E-state index is -4.53. The van der Waals surface area contributed by atoms with E-state index < -0.39 is 23.6 Å². The molecule has 1 aliphatic rings. The van der Waals surface area contributed by atoms with E-state index in [0.29, 0.717) is 33.6 Å². The number of anilines is 1. The average molecular weight is 699 g/mol. The number of halogens is 3. The molecule has 9 rings (SSSR count). The number of imide groups is 1. The third kappa shape index (κ3) is 5.32. The smallest absolute Gasteiger partial charge is 0.308 e. The van der Waals surface area contributed by atoms with Gasteiger partial charge in [-0.05, 0) is 88.8 Å². The van der Waals surface area contributed by atoms with E-state index in [2.05, 4.69) is 0 Å². The quantitative estimate of drug-likeness (QED) is 0.168. The minimum Gasteiger partial charge on any atom is -0.308 e. The second-order valence-electron chi connectivity index (χ2n) is 13.3. The molecule has 53 heavy (non-hydrogen) atoms. The van der Waals surface area contributed by atoms with Crippen molar-refractivity contribution in [3.05, 3.63) is 180 Å². The lowest BCUT2D eigenvalue weighted by Gasteiger charge is -2.18. The third-order valence-electron chi connectivity index (χ3n) is 9.93. The van der Waals surface area contributed by atoms with Crippen LogP contribution in [-0.2, 0) is 6.18 Å². The molecule has 0 atom stereocenters. The molecule has 0 radical (unpaired) electrons. The van der Waals surface area contributed by atoms with E-state index in [4.69, 9.17) is 0 Å². The van der Waals surface area contributed by atoms with Crippen molar-refractivity contribution in [1.29, 1.82) is 0 Å². The first-order valence-corrected chi connectivity index (χ1v) is 17.2. The predicted molar refractivity (Wildman–Crippen MR) is 204 cm³/mol. The van der Waals surface area contributed by atoms with Crippen LogP contribution in [0.1, 0.15) is 31.8 Å². The number of carbonyl (C=O) groups is 2. The number of alkyl halides is 3. The summed E-state index contributed by atoms with van der Waals surface area (Å²) >= 11 is 0. The molecule has 2 heterocycles. The number of amides is 2. The van der Waals surface area contributed by atoms with Crippen LogP contribution in [0.3, 0.4) is 0 Å². The summed E-state index contributed by atoms with van der Waals surface area (Å²) in [5, 5.41) is 1.67. The standard InChI is InChI=1S/C46H29F3N2O2/c1-28-22-33(25-34(23-28)46(47,48)49)36-17-10-18-38-37-16-8-9-20-40(37)51(43(36)38)41-21-11-19-39-42(41)45(53)50(44(39)52)35-26-31(29-12-4-2-5-13-29)24-32(27-35)30-14-6-3-7-15-30/h2-27H,1H3. The van der Waals surface area contributed by atoms with Gasteiger partial charge in [-0.1, -0.05) is 109 Å². The number of hydrogen-bond donors (Lipinski definition) is 0. The predicted octanol–water partition coefficient (Wildman–Crippen LogP) is 11.9. The Hall–Kier alpha value is -6.73. The maximum absolute atomic E-state index is 14.8. The van der Waals surface area contributed by atoms with Gasteiger partial charge in [-0.3, -0.25) is 9.59 Å². The number of nitrogens with zero attached hydrogens (tertiary/aromatic N) is 2. The molecule has 0 bridgehead atoms. The Morgan fingerprint density at radius 2 is 1.11 bits per heavy atom. The Morgan fingerprint density at radius 1 is 0.509 bits per heavy atom. The van der Waals surface area contributed by atoms with Gasteiger partial charge in [-0.25, -0.2) is 4.90 Å². The first-order chi connectivity index (χ1) is 25.7. The van der Waals surface area contributed by atoms with Gasteiger partial charge in [0.1, 0.15) is 0 Å². The fourth-order valence-corrected chi connectivity index (χ4v) is 7.63. The molecule has 0 N–H and O–H groups in total. The van der Waals surface area contributed by atoms with Gasteiger partial charge in [0.2, 0.25) is 0 Å². The number of rotatable bonds is 5. The van der Waals surface area contributed by atoms with Crippen molar-refractivity contribution in [3.63, 3.8) is 0 Å². The number of fused-ring (bicyclic) bond motifs is 4. The van der Waals surface area contributed by atoms with Gasteiger partial charge in [0.05, 0.1) is 39.1 Å². The molecule has 7 aromatic carbocycles. The molecule has 1 aromatic heterocycles. The van der Waals surface area contributed by atoms with Crippen LogP contribution in [0, 0.1) is 6.92 Å². The summed E-state index contributed by atoms with van der Waals surface area (Å²) in [5.41, 5.74) is 7.03. The highest BCUT2D eigenvalue weighted by Gasteiger charge is 2.40. The van der Waals surface area contributed by atoms with Gasteiger partial charge in [-0.2, -0.15) is 13.2 Å². The summed E-state index contributed by atoms with van der Waals surface area (Å²) in [6.07, 6.45) is -4.53. The monoisotopic (exact) mass is 698 g/mol. The Bertz CT molecular complexity index is 2710. The molecule has 0 fully saturated rings. The van der Waals surface area contributed by atoms with E-state index >= 15 is 0 Å². The highest BCUT2D eigenvalue weighted by molar-refractivity contribution is 6.36. The van der Waals surface area contributed by atoms with Crippen molar-refractivity contribution in [2.75, 3.05) is 4.90 Å². The van der Waals surface area contributed by atoms with Gasteiger partial charge in [0.25, 0.3) is 11.8 Å². The molecule has 7 heteroatoms. The first-order valence-electron chi connectivity index (χ1n) is 17.2. The zero-order valence-corrected chi connectivity index (χ0v) is 28.4. The second kappa shape index (κ2) is 12.2. The van der Waals surface area contributed by atoms with Crippen LogP contribution in [0.25, 0.3) is 60.9 Å². The largest absolute Gasteiger partial charge is 0.416 e. The highest BCUT2D eigenvalue weighted by Crippen LogP contribution is 2.43. The second-order valence-corrected chi connectivity index (χ2v) is 13.3. The maximum Gasteiger partial charge on any atom is 0.416 e. The van der Waals surface area contributed by atoms with Crippen molar-refractivity contribution in [1.82, 2.24) is 4.57 Å². The van der Waals surface area contributed by atoms with Crippen molar-refractivity contribution in [2.45, 2.75) is 13.1 Å². The number of benzene rings is 7. The molecule has 0 saturated heterocycles. The summed E-state index contributed by atoms with van der Waals surface area (Å²) < 4.78 is 44.1.